The van der Waals surface area contributed by atoms with E-state index in [1.807, 2.05) is 6.07 Å². The molecule has 0 heterocycles. The Bertz CT molecular complexity index is 1270. The average Bonchev–Trinajstić information content (AvgIpc) is 3.24. The fourth-order valence-electron chi connectivity index (χ4n) is 8.45. The second kappa shape index (κ2) is 14.8. The predicted octanol–water partition coefficient (Wildman–Crippen LogP) is 8.16. The van der Waals surface area contributed by atoms with Crippen molar-refractivity contribution in [1.29, 1.82) is 0 Å². The van der Waals surface area contributed by atoms with E-state index >= 15 is 0 Å². The molecule has 0 aliphatic heterocycles. The summed E-state index contributed by atoms with van der Waals surface area (Å²) in [5, 5.41) is 10.9. The van der Waals surface area contributed by atoms with Gasteiger partial charge in [-0.3, -0.25) is 8.76 Å². The number of halogens is 5. The van der Waals surface area contributed by atoms with Crippen LogP contribution in [0.25, 0.3) is 0 Å². The van der Waals surface area contributed by atoms with E-state index in [0.29, 0.717) is 35.8 Å². The first-order valence-corrected chi connectivity index (χ1v) is 19.1. The van der Waals surface area contributed by atoms with E-state index in [0.717, 1.165) is 82.6 Å². The minimum atomic E-state index is -5.57. The molecule has 13 heteroatoms. The Kier molecular flexibility index (Phi) is 12.1. The summed E-state index contributed by atoms with van der Waals surface area (Å²) in [7, 11) is -6.01. The quantitative estimate of drug-likeness (QED) is 0.103. The normalized spacial score (nSPS) is 29.1. The summed E-state index contributed by atoms with van der Waals surface area (Å²) in [6.07, 6.45) is 4.57. The first kappa shape index (κ1) is 36.5. The summed E-state index contributed by atoms with van der Waals surface area (Å²) < 4.78 is 111. The molecule has 4 rings (SSSR count). The zero-order valence-corrected chi connectivity index (χ0v) is 27.5. The van der Waals surface area contributed by atoms with Crippen molar-refractivity contribution in [2.24, 2.45) is 23.2 Å². The lowest BCUT2D eigenvalue weighted by Gasteiger charge is -2.53. The first-order chi connectivity index (χ1) is 21.0. The molecular formula is C32H47F5O6S2. The van der Waals surface area contributed by atoms with Gasteiger partial charge >= 0.3 is 22.5 Å². The van der Waals surface area contributed by atoms with Crippen molar-refractivity contribution in [2.45, 2.75) is 127 Å². The second-order valence-corrected chi connectivity index (χ2v) is 16.4. The van der Waals surface area contributed by atoms with Gasteiger partial charge in [-0.1, -0.05) is 51.5 Å². The molecular weight excluding hydrogens is 639 g/mol. The smallest absolute Gasteiger partial charge is 0.393 e. The van der Waals surface area contributed by atoms with Gasteiger partial charge < -0.3 is 9.29 Å². The number of aliphatic hydroxyl groups is 1. The van der Waals surface area contributed by atoms with E-state index in [1.165, 1.54) is 5.56 Å². The van der Waals surface area contributed by atoms with Crippen molar-refractivity contribution in [3.05, 3.63) is 29.3 Å². The zero-order valence-electron chi connectivity index (χ0n) is 25.9. The Morgan fingerprint density at radius 3 is 2.27 bits per heavy atom. The molecule has 1 aromatic carbocycles. The van der Waals surface area contributed by atoms with E-state index in [-0.39, 0.29) is 23.0 Å². The van der Waals surface area contributed by atoms with E-state index in [2.05, 4.69) is 6.92 Å². The molecule has 2 N–H and O–H groups in total. The number of benzene rings is 1. The molecule has 3 aliphatic carbocycles. The lowest BCUT2D eigenvalue weighted by molar-refractivity contribution is -0.284. The maximum Gasteiger partial charge on any atom is 0.453 e. The largest absolute Gasteiger partial charge is 0.453 e. The minimum Gasteiger partial charge on any atom is -0.393 e. The molecule has 6 nitrogen and oxygen atoms in total. The van der Waals surface area contributed by atoms with Gasteiger partial charge in [-0.05, 0) is 104 Å². The Morgan fingerprint density at radius 2 is 1.60 bits per heavy atom. The highest BCUT2D eigenvalue weighted by Gasteiger charge is 2.57. The van der Waals surface area contributed by atoms with Crippen molar-refractivity contribution in [1.82, 2.24) is 0 Å². The van der Waals surface area contributed by atoms with Crippen LogP contribution in [0, 0.1) is 23.2 Å². The monoisotopic (exact) mass is 686 g/mol. The molecule has 0 radical (unpaired) electrons. The van der Waals surface area contributed by atoms with E-state index in [9.17, 15) is 39.7 Å². The minimum absolute atomic E-state index is 0.0806. The molecule has 1 unspecified atom stereocenters. The summed E-state index contributed by atoms with van der Waals surface area (Å²) in [6.45, 7) is 2.24. The van der Waals surface area contributed by atoms with Crippen LogP contribution in [-0.4, -0.2) is 52.0 Å². The van der Waals surface area contributed by atoms with Crippen LogP contribution in [0.3, 0.4) is 0 Å². The molecule has 45 heavy (non-hydrogen) atoms. The van der Waals surface area contributed by atoms with Crippen LogP contribution >= 0.6 is 0 Å². The molecule has 0 spiro atoms. The number of fused-ring (bicyclic) bond motifs is 5. The molecule has 3 aliphatic rings. The highest BCUT2D eigenvalue weighted by molar-refractivity contribution is 7.84. The fourth-order valence-corrected chi connectivity index (χ4v) is 9.99. The van der Waals surface area contributed by atoms with Crippen LogP contribution in [0.1, 0.15) is 114 Å². The van der Waals surface area contributed by atoms with E-state index < -0.39 is 46.1 Å². The van der Waals surface area contributed by atoms with Crippen LogP contribution < -0.4 is 4.18 Å². The van der Waals surface area contributed by atoms with Gasteiger partial charge in [0.15, 0.2) is 0 Å². The zero-order chi connectivity index (χ0) is 33.0. The van der Waals surface area contributed by atoms with Crippen LogP contribution in [0.4, 0.5) is 22.0 Å². The van der Waals surface area contributed by atoms with Gasteiger partial charge in [-0.25, -0.2) is 0 Å². The van der Waals surface area contributed by atoms with Gasteiger partial charge in [0.1, 0.15) is 5.75 Å². The van der Waals surface area contributed by atoms with Crippen LogP contribution in [0.2, 0.25) is 0 Å². The van der Waals surface area contributed by atoms with E-state index in [4.69, 9.17) is 8.74 Å². The molecule has 1 aromatic rings. The maximum absolute atomic E-state index is 13.0. The summed E-state index contributed by atoms with van der Waals surface area (Å²) >= 11 is 0. The van der Waals surface area contributed by atoms with Gasteiger partial charge in [0.05, 0.1) is 6.10 Å². The fraction of sp³-hybridized carbons (Fsp3) is 0.812. The molecule has 0 bridgehead atoms. The maximum atomic E-state index is 13.0. The number of aliphatic hydroxyl groups excluding tert-OH is 1. The summed E-state index contributed by atoms with van der Waals surface area (Å²) in [5.41, 5.74) is 2.21. The first-order valence-electron chi connectivity index (χ1n) is 16.3. The Hall–Kier alpha value is -1.31. The molecule has 0 amide bonds. The Labute approximate surface area is 266 Å². The standard InChI is InChI=1S/C32H47F5O6S2/c1-30-17-15-26-25-12-11-24(43-45(40,41)42)21-23(25)20-22(29(26)27(30)13-14-28(30)38)10-7-5-3-2-4-6-8-18-44(39)19-9-16-31(33,34)32(35,36)37/h11-12,21-22,26-29,38H,2-10,13-20H2,1H3,(H,40,41,42)/t22-,26-,27+,28+,29-,30+,44?/m1/s1. The topological polar surface area (TPSA) is 101 Å². The lowest BCUT2D eigenvalue weighted by atomic mass is 9.52. The highest BCUT2D eigenvalue weighted by atomic mass is 32.3. The SMILES string of the molecule is C[C@]12CC[C@@H]3c4ccc(OS(=O)(=O)O)cc4C[C@@H](CCCCCCCCCS(=O)CCCC(F)(F)C(F)(F)F)[C@H]3[C@@H]1CC[C@@H]2O. The number of hydrogen-bond donors (Lipinski definition) is 2. The molecule has 2 saturated carbocycles. The van der Waals surface area contributed by atoms with Crippen LogP contribution in [-0.2, 0) is 27.6 Å². The number of rotatable bonds is 16. The molecule has 2 fully saturated rings. The van der Waals surface area contributed by atoms with Crippen molar-refractivity contribution in [3.8, 4) is 5.75 Å². The number of alkyl halides is 5. The molecule has 0 aromatic heterocycles. The Balaban J connectivity index is 1.22. The second-order valence-electron chi connectivity index (χ2n) is 13.7. The molecule has 7 atom stereocenters. The van der Waals surface area contributed by atoms with Crippen molar-refractivity contribution < 1.29 is 48.4 Å². The third-order valence-electron chi connectivity index (χ3n) is 10.7. The number of hydrogen-bond acceptors (Lipinski definition) is 5. The van der Waals surface area contributed by atoms with Crippen LogP contribution in [0.15, 0.2) is 18.2 Å². The van der Waals surface area contributed by atoms with Gasteiger partial charge in [0.25, 0.3) is 0 Å². The highest BCUT2D eigenvalue weighted by Crippen LogP contribution is 2.62. The lowest BCUT2D eigenvalue weighted by Crippen LogP contribution is -2.47. The summed E-state index contributed by atoms with van der Waals surface area (Å²) in [6, 6.07) is 5.30. The van der Waals surface area contributed by atoms with Gasteiger partial charge in [0, 0.05) is 28.7 Å². The van der Waals surface area contributed by atoms with Gasteiger partial charge in [0.2, 0.25) is 0 Å². The summed E-state index contributed by atoms with van der Waals surface area (Å²) in [5.74, 6) is -2.84. The molecule has 0 saturated heterocycles. The predicted molar refractivity (Wildman–Crippen MR) is 163 cm³/mol. The molecule has 258 valence electrons. The summed E-state index contributed by atoms with van der Waals surface area (Å²) in [4.78, 5) is 0. The van der Waals surface area contributed by atoms with Gasteiger partial charge in [-0.15, -0.1) is 0 Å². The third kappa shape index (κ3) is 9.19. The van der Waals surface area contributed by atoms with Crippen LogP contribution in [0.5, 0.6) is 5.75 Å². The average molecular weight is 687 g/mol. The third-order valence-corrected chi connectivity index (χ3v) is 12.6. The van der Waals surface area contributed by atoms with E-state index in [1.54, 1.807) is 12.1 Å². The Morgan fingerprint density at radius 1 is 0.956 bits per heavy atom. The number of unbranched alkanes of at least 4 members (excludes halogenated alkanes) is 6. The van der Waals surface area contributed by atoms with Crippen molar-refractivity contribution in [2.75, 3.05) is 11.5 Å². The van der Waals surface area contributed by atoms with Crippen molar-refractivity contribution >= 4 is 21.2 Å². The van der Waals surface area contributed by atoms with Crippen molar-refractivity contribution in [3.63, 3.8) is 0 Å². The van der Waals surface area contributed by atoms with Gasteiger partial charge in [-0.2, -0.15) is 30.4 Å².